The van der Waals surface area contributed by atoms with E-state index in [0.29, 0.717) is 35.9 Å². The molecule has 0 saturated carbocycles. The van der Waals surface area contributed by atoms with E-state index in [1.165, 1.54) is 4.88 Å². The Labute approximate surface area is 224 Å². The number of pyridine rings is 1. The van der Waals surface area contributed by atoms with Crippen LogP contribution in [0.15, 0.2) is 82.0 Å². The number of imidazole rings is 1. The molecule has 0 aliphatic carbocycles. The third-order valence-corrected chi connectivity index (χ3v) is 7.33. The van der Waals surface area contributed by atoms with Crippen LogP contribution in [0.25, 0.3) is 22.4 Å². The third-order valence-electron chi connectivity index (χ3n) is 6.40. The molecule has 0 saturated heterocycles. The van der Waals surface area contributed by atoms with Crippen LogP contribution in [-0.2, 0) is 12.8 Å². The molecule has 0 fully saturated rings. The second-order valence-electron chi connectivity index (χ2n) is 9.18. The van der Waals surface area contributed by atoms with E-state index in [4.69, 9.17) is 10.7 Å². The summed E-state index contributed by atoms with van der Waals surface area (Å²) in [4.78, 5) is 29.6. The molecule has 0 bridgehead atoms. The predicted octanol–water partition coefficient (Wildman–Crippen LogP) is 4.25. The molecule has 6 N–H and O–H groups in total. The Hall–Kier alpha value is -4.21. The standard InChI is InChI=1S/C29H30N6O2S/c1-18-14-20(27(30)31-11-9-22-8-5-13-38-22)16-24-26(18)35-28(34-24)25-23(10-12-32-29(25)37)33-21(17-36)15-19-6-3-2-4-7-19/h2-8,10,12-14,16,21,36H,9,11,15,17H2,1H3,(H2,30,31)(H,34,35)(H2,32,33,37)/t21-/m0/s1. The molecular formula is C29H30N6O2S. The Balaban J connectivity index is 1.43. The van der Waals surface area contributed by atoms with Crippen LogP contribution in [-0.4, -0.2) is 45.1 Å². The van der Waals surface area contributed by atoms with Crippen molar-refractivity contribution in [2.24, 2.45) is 10.7 Å². The first-order chi connectivity index (χ1) is 18.5. The molecule has 0 unspecified atom stereocenters. The van der Waals surface area contributed by atoms with Crippen LogP contribution in [0.1, 0.15) is 21.6 Å². The zero-order valence-corrected chi connectivity index (χ0v) is 21.9. The molecular weight excluding hydrogens is 496 g/mol. The highest BCUT2D eigenvalue weighted by Gasteiger charge is 2.18. The minimum Gasteiger partial charge on any atom is -0.394 e. The Morgan fingerprint density at radius 1 is 1.18 bits per heavy atom. The lowest BCUT2D eigenvalue weighted by Crippen LogP contribution is -2.28. The number of benzene rings is 2. The normalized spacial score (nSPS) is 12.6. The van der Waals surface area contributed by atoms with Gasteiger partial charge in [-0.15, -0.1) is 11.3 Å². The zero-order valence-electron chi connectivity index (χ0n) is 21.1. The number of amidine groups is 1. The first kappa shape index (κ1) is 25.4. The molecule has 0 spiro atoms. The molecule has 3 aromatic heterocycles. The number of hydrogen-bond donors (Lipinski definition) is 5. The summed E-state index contributed by atoms with van der Waals surface area (Å²) in [5, 5.41) is 15.4. The number of aromatic amines is 2. The number of aryl methyl sites for hydroxylation is 1. The lowest BCUT2D eigenvalue weighted by Gasteiger charge is -2.19. The van der Waals surface area contributed by atoms with Gasteiger partial charge in [-0.1, -0.05) is 36.4 Å². The van der Waals surface area contributed by atoms with Gasteiger partial charge in [0.2, 0.25) is 0 Å². The number of hydrogen-bond acceptors (Lipinski definition) is 6. The van der Waals surface area contributed by atoms with Gasteiger partial charge in [0.25, 0.3) is 5.56 Å². The average Bonchev–Trinajstić information content (AvgIpc) is 3.59. The van der Waals surface area contributed by atoms with E-state index in [9.17, 15) is 9.90 Å². The van der Waals surface area contributed by atoms with Gasteiger partial charge >= 0.3 is 0 Å². The molecule has 8 nitrogen and oxygen atoms in total. The quantitative estimate of drug-likeness (QED) is 0.137. The van der Waals surface area contributed by atoms with Crippen LogP contribution < -0.4 is 16.6 Å². The summed E-state index contributed by atoms with van der Waals surface area (Å²) in [6.07, 6.45) is 3.04. The van der Waals surface area contributed by atoms with Gasteiger partial charge in [-0.2, -0.15) is 0 Å². The number of thiophene rings is 1. The highest BCUT2D eigenvalue weighted by Crippen LogP contribution is 2.27. The van der Waals surface area contributed by atoms with Crippen molar-refractivity contribution in [3.63, 3.8) is 0 Å². The number of aliphatic hydroxyl groups excluding tert-OH is 1. The fourth-order valence-electron chi connectivity index (χ4n) is 4.50. The molecule has 194 valence electrons. The number of aromatic nitrogens is 3. The van der Waals surface area contributed by atoms with E-state index in [2.05, 4.69) is 31.7 Å². The summed E-state index contributed by atoms with van der Waals surface area (Å²) in [6.45, 7) is 2.49. The average molecular weight is 527 g/mol. The fraction of sp³-hybridized carbons (Fsp3) is 0.207. The van der Waals surface area contributed by atoms with Crippen LogP contribution in [0, 0.1) is 6.92 Å². The molecule has 0 radical (unpaired) electrons. The smallest absolute Gasteiger partial charge is 0.261 e. The van der Waals surface area contributed by atoms with Crippen molar-refractivity contribution in [3.8, 4) is 11.4 Å². The van der Waals surface area contributed by atoms with Crippen LogP contribution in [0.5, 0.6) is 0 Å². The number of H-pyrrole nitrogens is 2. The molecule has 38 heavy (non-hydrogen) atoms. The van der Waals surface area contributed by atoms with E-state index in [-0.39, 0.29) is 18.2 Å². The topological polar surface area (TPSA) is 132 Å². The maximum atomic E-state index is 13.0. The number of fused-ring (bicyclic) bond motifs is 1. The van der Waals surface area contributed by atoms with Crippen molar-refractivity contribution in [3.05, 3.63) is 104 Å². The highest BCUT2D eigenvalue weighted by atomic mass is 32.1. The SMILES string of the molecule is Cc1cc(/C(N)=N/CCc2cccs2)cc2[nH]c(-c3c(N[C@H](CO)Cc4ccccc4)cc[nH]c3=O)nc12. The molecule has 0 amide bonds. The molecule has 5 aromatic rings. The summed E-state index contributed by atoms with van der Waals surface area (Å²) in [6, 6.07) is 19.4. The molecule has 3 heterocycles. The third kappa shape index (κ3) is 5.69. The van der Waals surface area contributed by atoms with E-state index in [1.54, 1.807) is 23.6 Å². The van der Waals surface area contributed by atoms with Crippen LogP contribution in [0.2, 0.25) is 0 Å². The van der Waals surface area contributed by atoms with Gasteiger partial charge in [-0.3, -0.25) is 9.79 Å². The van der Waals surface area contributed by atoms with Crippen molar-refractivity contribution in [1.82, 2.24) is 15.0 Å². The second kappa shape index (κ2) is 11.5. The zero-order chi connectivity index (χ0) is 26.5. The largest absolute Gasteiger partial charge is 0.394 e. The lowest BCUT2D eigenvalue weighted by molar-refractivity contribution is 0.274. The monoisotopic (exact) mass is 526 g/mol. The Bertz CT molecular complexity index is 1610. The molecule has 0 aliphatic rings. The van der Waals surface area contributed by atoms with Crippen molar-refractivity contribution in [2.45, 2.75) is 25.8 Å². The minimum atomic E-state index is -0.280. The molecule has 9 heteroatoms. The number of aliphatic imine (C=N–C) groups is 1. The summed E-state index contributed by atoms with van der Waals surface area (Å²) in [5.74, 6) is 0.906. The number of nitrogens with two attached hydrogens (primary N) is 1. The predicted molar refractivity (Wildman–Crippen MR) is 155 cm³/mol. The van der Waals surface area contributed by atoms with Gasteiger partial charge in [-0.25, -0.2) is 4.98 Å². The summed E-state index contributed by atoms with van der Waals surface area (Å²) < 4.78 is 0. The van der Waals surface area contributed by atoms with Gasteiger partial charge in [0.05, 0.1) is 29.4 Å². The highest BCUT2D eigenvalue weighted by molar-refractivity contribution is 7.09. The van der Waals surface area contributed by atoms with Gasteiger partial charge in [0.1, 0.15) is 17.2 Å². The first-order valence-corrected chi connectivity index (χ1v) is 13.4. The van der Waals surface area contributed by atoms with Gasteiger partial charge < -0.3 is 26.1 Å². The maximum Gasteiger partial charge on any atom is 0.261 e. The Morgan fingerprint density at radius 3 is 2.79 bits per heavy atom. The summed E-state index contributed by atoms with van der Waals surface area (Å²) in [7, 11) is 0. The van der Waals surface area contributed by atoms with E-state index < -0.39 is 0 Å². The van der Waals surface area contributed by atoms with Gasteiger partial charge in [0, 0.05) is 29.6 Å². The van der Waals surface area contributed by atoms with Gasteiger partial charge in [0.15, 0.2) is 0 Å². The second-order valence-corrected chi connectivity index (χ2v) is 10.2. The summed E-state index contributed by atoms with van der Waals surface area (Å²) >= 11 is 1.71. The lowest BCUT2D eigenvalue weighted by atomic mass is 10.1. The Kier molecular flexibility index (Phi) is 7.67. The number of nitrogens with one attached hydrogen (secondary N) is 3. The molecule has 2 aromatic carbocycles. The maximum absolute atomic E-state index is 13.0. The fourth-order valence-corrected chi connectivity index (χ4v) is 5.20. The van der Waals surface area contributed by atoms with Crippen molar-refractivity contribution < 1.29 is 5.11 Å². The van der Waals surface area contributed by atoms with E-state index in [0.717, 1.165) is 34.1 Å². The van der Waals surface area contributed by atoms with Crippen LogP contribution >= 0.6 is 11.3 Å². The minimum absolute atomic E-state index is 0.0885. The van der Waals surface area contributed by atoms with E-state index >= 15 is 0 Å². The van der Waals surface area contributed by atoms with Crippen LogP contribution in [0.4, 0.5) is 5.69 Å². The van der Waals surface area contributed by atoms with Gasteiger partial charge in [-0.05, 0) is 54.1 Å². The number of rotatable bonds is 10. The Morgan fingerprint density at radius 2 is 2.03 bits per heavy atom. The molecule has 1 atom stereocenters. The molecule has 0 aliphatic heterocycles. The van der Waals surface area contributed by atoms with Crippen molar-refractivity contribution >= 4 is 33.9 Å². The van der Waals surface area contributed by atoms with E-state index in [1.807, 2.05) is 55.5 Å². The number of nitrogens with zero attached hydrogens (tertiary/aromatic N) is 2. The van der Waals surface area contributed by atoms with Crippen LogP contribution in [0.3, 0.4) is 0 Å². The first-order valence-electron chi connectivity index (χ1n) is 12.5. The number of anilines is 1. The molecule has 5 rings (SSSR count). The number of aliphatic hydroxyl groups is 1. The summed E-state index contributed by atoms with van der Waals surface area (Å²) in [5.41, 5.74) is 11.4. The van der Waals surface area contributed by atoms with Crippen molar-refractivity contribution in [2.75, 3.05) is 18.5 Å². The van der Waals surface area contributed by atoms with Crippen molar-refractivity contribution in [1.29, 1.82) is 0 Å².